The SMILES string of the molecule is N=COCCSSCCNCCCCCCC(=O)CCC(=O)NCCSSCCCNO. The summed E-state index contributed by atoms with van der Waals surface area (Å²) in [5, 5.41) is 21.5. The lowest BCUT2D eigenvalue weighted by Gasteiger charge is -2.06. The van der Waals surface area contributed by atoms with E-state index < -0.39 is 0 Å². The van der Waals surface area contributed by atoms with Gasteiger partial charge in [0.05, 0.1) is 6.61 Å². The summed E-state index contributed by atoms with van der Waals surface area (Å²) in [5.74, 6) is 3.88. The van der Waals surface area contributed by atoms with E-state index >= 15 is 0 Å². The molecule has 188 valence electrons. The summed E-state index contributed by atoms with van der Waals surface area (Å²) in [7, 11) is 7.02. The fourth-order valence-electron chi connectivity index (χ4n) is 2.45. The van der Waals surface area contributed by atoms with Crippen molar-refractivity contribution >= 4 is 61.3 Å². The number of rotatable bonds is 26. The van der Waals surface area contributed by atoms with Crippen LogP contribution < -0.4 is 16.1 Å². The van der Waals surface area contributed by atoms with E-state index in [0.717, 1.165) is 74.6 Å². The highest BCUT2D eigenvalue weighted by molar-refractivity contribution is 8.77. The van der Waals surface area contributed by atoms with Gasteiger partial charge in [-0.3, -0.25) is 15.0 Å². The van der Waals surface area contributed by atoms with Crippen molar-refractivity contribution in [2.75, 3.05) is 55.8 Å². The number of ketones is 1. The molecule has 0 rings (SSSR count). The molecule has 0 aromatic carbocycles. The highest BCUT2D eigenvalue weighted by atomic mass is 33.1. The first-order valence-corrected chi connectivity index (χ1v) is 16.1. The number of carbonyl (C=O) groups excluding carboxylic acids is 2. The number of hydrogen-bond acceptors (Lipinski definition) is 11. The maximum atomic E-state index is 11.9. The molecule has 12 heteroatoms. The zero-order chi connectivity index (χ0) is 23.5. The van der Waals surface area contributed by atoms with Crippen molar-refractivity contribution in [2.24, 2.45) is 0 Å². The highest BCUT2D eigenvalue weighted by Gasteiger charge is 2.06. The van der Waals surface area contributed by atoms with Gasteiger partial charge < -0.3 is 20.6 Å². The van der Waals surface area contributed by atoms with E-state index in [4.69, 9.17) is 15.4 Å². The monoisotopic (exact) mass is 528 g/mol. The Hall–Kier alpha value is -0.110. The maximum Gasteiger partial charge on any atom is 0.220 e. The molecule has 0 atom stereocenters. The Labute approximate surface area is 208 Å². The van der Waals surface area contributed by atoms with Crippen molar-refractivity contribution in [2.45, 2.75) is 51.4 Å². The second kappa shape index (κ2) is 27.1. The molecule has 32 heavy (non-hydrogen) atoms. The molecule has 0 aromatic heterocycles. The van der Waals surface area contributed by atoms with Crippen LogP contribution in [0.3, 0.4) is 0 Å². The van der Waals surface area contributed by atoms with E-state index in [1.165, 1.54) is 0 Å². The van der Waals surface area contributed by atoms with E-state index in [2.05, 4.69) is 16.1 Å². The zero-order valence-electron chi connectivity index (χ0n) is 18.9. The van der Waals surface area contributed by atoms with Gasteiger partial charge in [0.1, 0.15) is 5.78 Å². The smallest absolute Gasteiger partial charge is 0.220 e. The molecule has 0 aromatic rings. The number of amides is 1. The third kappa shape index (κ3) is 26.1. The Bertz CT molecular complexity index is 465. The van der Waals surface area contributed by atoms with Crippen molar-refractivity contribution in [1.29, 1.82) is 5.41 Å². The summed E-state index contributed by atoms with van der Waals surface area (Å²) in [6.45, 7) is 3.81. The van der Waals surface area contributed by atoms with Gasteiger partial charge >= 0.3 is 0 Å². The average molecular weight is 529 g/mol. The molecular weight excluding hydrogens is 489 g/mol. The van der Waals surface area contributed by atoms with Gasteiger partial charge in [-0.15, -0.1) is 0 Å². The number of hydrogen-bond donors (Lipinski definition) is 5. The minimum atomic E-state index is -0.0456. The largest absolute Gasteiger partial charge is 0.483 e. The van der Waals surface area contributed by atoms with Crippen LogP contribution in [-0.2, 0) is 14.3 Å². The number of nitrogens with one attached hydrogen (secondary N) is 4. The van der Waals surface area contributed by atoms with Gasteiger partial charge in [-0.2, -0.15) is 0 Å². The fourth-order valence-corrected chi connectivity index (χ4v) is 6.23. The average Bonchev–Trinajstić information content (AvgIpc) is 2.79. The molecule has 0 heterocycles. The summed E-state index contributed by atoms with van der Waals surface area (Å²) in [4.78, 5) is 23.7. The van der Waals surface area contributed by atoms with E-state index in [-0.39, 0.29) is 18.1 Å². The van der Waals surface area contributed by atoms with Gasteiger partial charge in [0.25, 0.3) is 0 Å². The highest BCUT2D eigenvalue weighted by Crippen LogP contribution is 2.21. The minimum absolute atomic E-state index is 0.0456. The molecule has 5 N–H and O–H groups in total. The molecule has 0 saturated carbocycles. The Kier molecular flexibility index (Phi) is 27.0. The number of carbonyl (C=O) groups is 2. The molecule has 1 amide bonds. The quantitative estimate of drug-likeness (QED) is 0.0373. The molecule has 8 nitrogen and oxygen atoms in total. The molecular formula is C20H40N4O4S4. The van der Waals surface area contributed by atoms with Crippen LogP contribution in [0.2, 0.25) is 0 Å². The van der Waals surface area contributed by atoms with Crippen molar-refractivity contribution < 1.29 is 19.5 Å². The topological polar surface area (TPSA) is 124 Å². The van der Waals surface area contributed by atoms with Crippen LogP contribution in [0, 0.1) is 5.41 Å². The number of unbranched alkanes of at least 4 members (excludes halogenated alkanes) is 3. The zero-order valence-corrected chi connectivity index (χ0v) is 22.2. The minimum Gasteiger partial charge on any atom is -0.483 e. The first-order valence-electron chi connectivity index (χ1n) is 11.2. The standard InChI is InChI=1S/C20H40N4O4S4/c21-18-28-13-17-32-30-15-11-22-9-4-2-1-3-6-19(25)7-8-20(26)23-12-16-31-29-14-5-10-24-27/h18,21-22,24,27H,1-17H2,(H,23,26). The molecule has 0 radical (unpaired) electrons. The molecule has 0 aliphatic rings. The predicted molar refractivity (Wildman–Crippen MR) is 142 cm³/mol. The van der Waals surface area contributed by atoms with Crippen molar-refractivity contribution in [1.82, 2.24) is 16.1 Å². The van der Waals surface area contributed by atoms with Crippen LogP contribution in [0.15, 0.2) is 0 Å². The third-order valence-corrected chi connectivity index (χ3v) is 8.97. The predicted octanol–water partition coefficient (Wildman–Crippen LogP) is 3.75. The normalized spacial score (nSPS) is 10.8. The van der Waals surface area contributed by atoms with Gasteiger partial charge in [-0.25, -0.2) is 5.48 Å². The first kappa shape index (κ1) is 31.9. The first-order chi connectivity index (χ1) is 15.7. The van der Waals surface area contributed by atoms with Crippen LogP contribution in [-0.4, -0.2) is 79.1 Å². The van der Waals surface area contributed by atoms with Crippen molar-refractivity contribution in [3.63, 3.8) is 0 Å². The molecule has 0 saturated heterocycles. The van der Waals surface area contributed by atoms with Crippen LogP contribution in [0.1, 0.15) is 51.4 Å². The summed E-state index contributed by atoms with van der Waals surface area (Å²) < 4.78 is 4.84. The van der Waals surface area contributed by atoms with Gasteiger partial charge in [-0.05, 0) is 25.8 Å². The fraction of sp³-hybridized carbons (Fsp3) is 0.850. The maximum absolute atomic E-state index is 11.9. The lowest BCUT2D eigenvalue weighted by molar-refractivity contribution is -0.125. The number of ether oxygens (including phenoxy) is 1. The molecule has 0 fully saturated rings. The third-order valence-electron chi connectivity index (χ3n) is 4.11. The van der Waals surface area contributed by atoms with Crippen LogP contribution >= 0.6 is 43.2 Å². The summed E-state index contributed by atoms with van der Waals surface area (Å²) in [5.41, 5.74) is 2.13. The Morgan fingerprint density at radius 2 is 1.50 bits per heavy atom. The number of Topliss-reactive ketones (excluding diaryl/α,β-unsaturated/α-hetero) is 1. The van der Waals surface area contributed by atoms with Crippen LogP contribution in [0.5, 0.6) is 0 Å². The van der Waals surface area contributed by atoms with Crippen molar-refractivity contribution in [3.05, 3.63) is 0 Å². The lowest BCUT2D eigenvalue weighted by atomic mass is 10.1. The van der Waals surface area contributed by atoms with Gasteiger partial charge in [0.2, 0.25) is 5.91 Å². The second-order valence-corrected chi connectivity index (χ2v) is 12.2. The Morgan fingerprint density at radius 1 is 0.781 bits per heavy atom. The molecule has 0 aliphatic carbocycles. The van der Waals surface area contributed by atoms with Gasteiger partial charge in [0, 0.05) is 61.9 Å². The van der Waals surface area contributed by atoms with E-state index in [9.17, 15) is 9.59 Å². The molecule has 0 aliphatic heterocycles. The Morgan fingerprint density at radius 3 is 2.28 bits per heavy atom. The number of hydroxylamine groups is 1. The van der Waals surface area contributed by atoms with E-state index in [1.807, 2.05) is 10.8 Å². The molecule has 0 bridgehead atoms. The van der Waals surface area contributed by atoms with Crippen molar-refractivity contribution in [3.8, 4) is 0 Å². The van der Waals surface area contributed by atoms with Crippen LogP contribution in [0.25, 0.3) is 0 Å². The summed E-state index contributed by atoms with van der Waals surface area (Å²) in [6.07, 6.45) is 7.29. The summed E-state index contributed by atoms with van der Waals surface area (Å²) >= 11 is 0. The van der Waals surface area contributed by atoms with Gasteiger partial charge in [0.15, 0.2) is 6.40 Å². The molecule has 0 unspecified atom stereocenters. The second-order valence-electron chi connectivity index (χ2n) is 6.84. The lowest BCUT2D eigenvalue weighted by Crippen LogP contribution is -2.25. The van der Waals surface area contributed by atoms with E-state index in [1.54, 1.807) is 32.4 Å². The van der Waals surface area contributed by atoms with Gasteiger partial charge in [-0.1, -0.05) is 56.0 Å². The van der Waals surface area contributed by atoms with Crippen LogP contribution in [0.4, 0.5) is 0 Å². The summed E-state index contributed by atoms with van der Waals surface area (Å²) in [6, 6.07) is 0. The van der Waals surface area contributed by atoms with E-state index in [0.29, 0.717) is 32.5 Å². The Balaban J connectivity index is 3.29. The molecule has 0 spiro atoms.